The van der Waals surface area contributed by atoms with Crippen LogP contribution in [0.25, 0.3) is 10.8 Å². The van der Waals surface area contributed by atoms with Gasteiger partial charge >= 0.3 is 0 Å². The minimum Gasteiger partial charge on any atom is -0.485 e. The number of ether oxygens (including phenoxy) is 1. The second kappa shape index (κ2) is 6.93. The van der Waals surface area contributed by atoms with Gasteiger partial charge in [0.25, 0.3) is 0 Å². The molecular weight excluding hydrogens is 354 g/mol. The van der Waals surface area contributed by atoms with E-state index in [4.69, 9.17) is 4.74 Å². The summed E-state index contributed by atoms with van der Waals surface area (Å²) in [5.41, 5.74) is 2.90. The van der Waals surface area contributed by atoms with Gasteiger partial charge in [-0.05, 0) is 49.2 Å². The molecule has 3 aromatic rings. The fourth-order valence-corrected chi connectivity index (χ4v) is 3.85. The summed E-state index contributed by atoms with van der Waals surface area (Å²) >= 11 is 0. The van der Waals surface area contributed by atoms with Gasteiger partial charge in [0.1, 0.15) is 22.8 Å². The van der Waals surface area contributed by atoms with E-state index in [1.807, 2.05) is 51.1 Å². The molecule has 0 unspecified atom stereocenters. The molecule has 0 N–H and O–H groups in total. The van der Waals surface area contributed by atoms with Crippen LogP contribution in [0, 0.1) is 0 Å². The molecule has 0 bridgehead atoms. The first kappa shape index (κ1) is 17.9. The molecule has 2 atom stereocenters. The zero-order valence-electron chi connectivity index (χ0n) is 15.8. The Balaban J connectivity index is 1.85. The lowest BCUT2D eigenvalue weighted by atomic mass is 9.94. The maximum atomic E-state index is 12.7. The molecule has 27 heavy (non-hydrogen) atoms. The number of fused-ring (bicyclic) bond motifs is 2. The molecule has 0 spiro atoms. The number of rotatable bonds is 2. The predicted molar refractivity (Wildman–Crippen MR) is 113 cm³/mol. The van der Waals surface area contributed by atoms with Crippen LogP contribution < -0.4 is 4.74 Å². The molecule has 0 amide bonds. The minimum absolute atomic E-state index is 0.129. The maximum absolute atomic E-state index is 12.7. The summed E-state index contributed by atoms with van der Waals surface area (Å²) < 4.78 is 23.3. The third-order valence-electron chi connectivity index (χ3n) is 4.70. The Bertz CT molecular complexity index is 1040. The van der Waals surface area contributed by atoms with E-state index < -0.39 is 15.7 Å². The maximum Gasteiger partial charge on any atom is 0.145 e. The molecule has 4 rings (SSSR count). The zero-order valence-corrected chi connectivity index (χ0v) is 16.6. The number of hydrogen-bond acceptors (Lipinski definition) is 2. The average Bonchev–Trinajstić information content (AvgIpc) is 2.66. The SMILES string of the molecule is CC(C)(C)[S@](=O)/N=C1\C[C@H](c2ccccc2)Oc2cc3ccccc3cc21. The van der Waals surface area contributed by atoms with Crippen molar-refractivity contribution < 1.29 is 8.95 Å². The lowest BCUT2D eigenvalue weighted by Gasteiger charge is -2.28. The van der Waals surface area contributed by atoms with Crippen molar-refractivity contribution >= 4 is 27.5 Å². The van der Waals surface area contributed by atoms with Crippen LogP contribution in [-0.2, 0) is 11.0 Å². The van der Waals surface area contributed by atoms with Gasteiger partial charge in [-0.1, -0.05) is 54.6 Å². The van der Waals surface area contributed by atoms with E-state index in [0.717, 1.165) is 33.4 Å². The van der Waals surface area contributed by atoms with Crippen molar-refractivity contribution in [3.63, 3.8) is 0 Å². The summed E-state index contributed by atoms with van der Waals surface area (Å²) in [6.07, 6.45) is 0.479. The predicted octanol–water partition coefficient (Wildman–Crippen LogP) is 5.61. The van der Waals surface area contributed by atoms with Gasteiger partial charge in [-0.3, -0.25) is 0 Å². The molecule has 3 nitrogen and oxygen atoms in total. The summed E-state index contributed by atoms with van der Waals surface area (Å²) in [5, 5.41) is 2.26. The Kier molecular flexibility index (Phi) is 4.60. The molecule has 0 radical (unpaired) electrons. The van der Waals surface area contributed by atoms with E-state index in [-0.39, 0.29) is 6.10 Å². The van der Waals surface area contributed by atoms with E-state index in [9.17, 15) is 4.21 Å². The van der Waals surface area contributed by atoms with Crippen LogP contribution in [0.1, 0.15) is 44.4 Å². The first-order chi connectivity index (χ1) is 12.9. The van der Waals surface area contributed by atoms with Crippen molar-refractivity contribution in [3.05, 3.63) is 77.9 Å². The van der Waals surface area contributed by atoms with Gasteiger partial charge < -0.3 is 4.74 Å². The molecule has 1 heterocycles. The molecule has 1 aliphatic rings. The minimum atomic E-state index is -1.31. The fourth-order valence-electron chi connectivity index (χ4n) is 3.20. The molecule has 0 saturated carbocycles. The normalized spacial score (nSPS) is 19.5. The van der Waals surface area contributed by atoms with Crippen molar-refractivity contribution in [2.24, 2.45) is 4.40 Å². The summed E-state index contributed by atoms with van der Waals surface area (Å²) in [6.45, 7) is 5.84. The average molecular weight is 378 g/mol. The van der Waals surface area contributed by atoms with Crippen molar-refractivity contribution in [1.82, 2.24) is 0 Å². The molecule has 138 valence electrons. The highest BCUT2D eigenvalue weighted by Crippen LogP contribution is 2.38. The van der Waals surface area contributed by atoms with Crippen molar-refractivity contribution in [2.75, 3.05) is 0 Å². The summed E-state index contributed by atoms with van der Waals surface area (Å²) in [4.78, 5) is 0. The quantitative estimate of drug-likeness (QED) is 0.582. The van der Waals surface area contributed by atoms with Crippen LogP contribution in [0.2, 0.25) is 0 Å². The molecule has 0 aromatic heterocycles. The molecule has 0 saturated heterocycles. The van der Waals surface area contributed by atoms with Gasteiger partial charge in [0.05, 0.1) is 10.5 Å². The fraction of sp³-hybridized carbons (Fsp3) is 0.261. The van der Waals surface area contributed by atoms with Gasteiger partial charge in [-0.15, -0.1) is 0 Å². The second-order valence-corrected chi connectivity index (χ2v) is 9.72. The molecule has 1 aliphatic heterocycles. The van der Waals surface area contributed by atoms with Crippen LogP contribution in [-0.4, -0.2) is 14.7 Å². The summed E-state index contributed by atoms with van der Waals surface area (Å²) in [7, 11) is -1.31. The van der Waals surface area contributed by atoms with Gasteiger partial charge in [0, 0.05) is 12.0 Å². The van der Waals surface area contributed by atoms with Crippen molar-refractivity contribution in [3.8, 4) is 5.75 Å². The molecule has 4 heteroatoms. The molecular formula is C23H23NO2S. The lowest BCUT2D eigenvalue weighted by molar-refractivity contribution is 0.207. The van der Waals surface area contributed by atoms with Crippen LogP contribution in [0.3, 0.4) is 0 Å². The van der Waals surface area contributed by atoms with E-state index in [1.165, 1.54) is 0 Å². The van der Waals surface area contributed by atoms with E-state index in [0.29, 0.717) is 6.42 Å². The Morgan fingerprint density at radius 3 is 2.26 bits per heavy atom. The molecule has 3 aromatic carbocycles. The van der Waals surface area contributed by atoms with Crippen LogP contribution in [0.4, 0.5) is 0 Å². The molecule has 0 fully saturated rings. The van der Waals surface area contributed by atoms with Gasteiger partial charge in [-0.2, -0.15) is 4.40 Å². The van der Waals surface area contributed by atoms with Gasteiger partial charge in [0.2, 0.25) is 0 Å². The van der Waals surface area contributed by atoms with Crippen LogP contribution >= 0.6 is 0 Å². The Morgan fingerprint density at radius 2 is 1.59 bits per heavy atom. The topological polar surface area (TPSA) is 38.7 Å². The number of benzene rings is 3. The lowest BCUT2D eigenvalue weighted by Crippen LogP contribution is -2.25. The summed E-state index contributed by atoms with van der Waals surface area (Å²) in [5.74, 6) is 0.804. The first-order valence-corrected chi connectivity index (χ1v) is 10.3. The van der Waals surface area contributed by atoms with Crippen LogP contribution in [0.15, 0.2) is 71.1 Å². The van der Waals surface area contributed by atoms with Gasteiger partial charge in [0.15, 0.2) is 0 Å². The van der Waals surface area contributed by atoms with Crippen molar-refractivity contribution in [2.45, 2.75) is 38.0 Å². The number of nitrogens with zero attached hydrogens (tertiary/aromatic N) is 1. The first-order valence-electron chi connectivity index (χ1n) is 9.16. The molecule has 0 aliphatic carbocycles. The zero-order chi connectivity index (χ0) is 19.0. The third-order valence-corrected chi connectivity index (χ3v) is 6.13. The smallest absolute Gasteiger partial charge is 0.145 e. The van der Waals surface area contributed by atoms with Gasteiger partial charge in [-0.25, -0.2) is 4.21 Å². The Morgan fingerprint density at radius 1 is 0.963 bits per heavy atom. The largest absolute Gasteiger partial charge is 0.485 e. The highest BCUT2D eigenvalue weighted by Gasteiger charge is 2.29. The van der Waals surface area contributed by atoms with E-state index >= 15 is 0 Å². The Labute approximate surface area is 162 Å². The standard InChI is InChI=1S/C23H23NO2S/c1-23(2,3)27(25)24-20-15-21(16-9-5-4-6-10-16)26-22-14-18-12-8-7-11-17(18)13-19(20)22/h4-14,21H,15H2,1-3H3/b24-20+/t21-,27+/m1/s1. The van der Waals surface area contributed by atoms with E-state index in [2.05, 4.69) is 40.8 Å². The monoisotopic (exact) mass is 377 g/mol. The highest BCUT2D eigenvalue weighted by atomic mass is 32.2. The summed E-state index contributed by atoms with van der Waals surface area (Å²) in [6, 6.07) is 22.5. The Hall–Kier alpha value is -2.46. The van der Waals surface area contributed by atoms with Crippen molar-refractivity contribution in [1.29, 1.82) is 0 Å². The third kappa shape index (κ3) is 3.67. The number of hydrogen-bond donors (Lipinski definition) is 0. The van der Waals surface area contributed by atoms with Crippen LogP contribution in [0.5, 0.6) is 5.75 Å². The van der Waals surface area contributed by atoms with E-state index in [1.54, 1.807) is 0 Å². The highest BCUT2D eigenvalue weighted by molar-refractivity contribution is 7.85. The second-order valence-electron chi connectivity index (χ2n) is 7.82.